The molecule has 0 aliphatic rings. The molecular formula is C15H22ClNO2. The molecule has 0 aliphatic heterocycles. The van der Waals surface area contributed by atoms with Crippen molar-refractivity contribution in [3.63, 3.8) is 0 Å². The number of nitrogens with zero attached hydrogens (tertiary/aromatic N) is 1. The van der Waals surface area contributed by atoms with Gasteiger partial charge in [-0.2, -0.15) is 0 Å². The number of benzene rings is 1. The number of alkyl halides is 1. The van der Waals surface area contributed by atoms with E-state index in [0.717, 1.165) is 11.3 Å². The van der Waals surface area contributed by atoms with Gasteiger partial charge in [-0.3, -0.25) is 4.79 Å². The number of carbonyl (C=O) groups excluding carboxylic acids is 1. The van der Waals surface area contributed by atoms with Crippen LogP contribution in [-0.4, -0.2) is 30.0 Å². The molecule has 1 atom stereocenters. The standard InChI is InChI=1S/C15H22ClNO2/c1-5-17(6-2)15(18)14(16)12-8-7-9-13(10-12)19-11(3)4/h7-11,14H,5-6H2,1-4H3. The Morgan fingerprint density at radius 2 is 1.95 bits per heavy atom. The Balaban J connectivity index is 2.87. The number of likely N-dealkylation sites (N-methyl/N-ethyl adjacent to an activating group) is 1. The summed E-state index contributed by atoms with van der Waals surface area (Å²) in [5.74, 6) is 0.680. The van der Waals surface area contributed by atoms with Crippen LogP contribution in [0.1, 0.15) is 38.6 Å². The predicted octanol–water partition coefficient (Wildman–Crippen LogP) is 3.62. The summed E-state index contributed by atoms with van der Waals surface area (Å²) in [4.78, 5) is 13.9. The first-order valence-electron chi connectivity index (χ1n) is 6.69. The average Bonchev–Trinajstić information content (AvgIpc) is 2.38. The summed E-state index contributed by atoms with van der Waals surface area (Å²) in [7, 11) is 0. The molecule has 0 spiro atoms. The van der Waals surface area contributed by atoms with Crippen molar-refractivity contribution in [1.82, 2.24) is 4.90 Å². The molecule has 3 nitrogen and oxygen atoms in total. The number of halogens is 1. The Morgan fingerprint density at radius 1 is 1.32 bits per heavy atom. The van der Waals surface area contributed by atoms with Crippen LogP contribution in [0.25, 0.3) is 0 Å². The van der Waals surface area contributed by atoms with Gasteiger partial charge in [-0.15, -0.1) is 11.6 Å². The van der Waals surface area contributed by atoms with Gasteiger partial charge < -0.3 is 9.64 Å². The molecule has 19 heavy (non-hydrogen) atoms. The van der Waals surface area contributed by atoms with E-state index in [0.29, 0.717) is 13.1 Å². The first-order valence-corrected chi connectivity index (χ1v) is 7.12. The summed E-state index contributed by atoms with van der Waals surface area (Å²) in [5, 5.41) is -0.657. The van der Waals surface area contributed by atoms with E-state index in [2.05, 4.69) is 0 Å². The zero-order valence-electron chi connectivity index (χ0n) is 12.0. The molecule has 1 aromatic carbocycles. The fourth-order valence-corrected chi connectivity index (χ4v) is 2.13. The maximum atomic E-state index is 12.2. The molecule has 0 bridgehead atoms. The lowest BCUT2D eigenvalue weighted by Crippen LogP contribution is -2.33. The fraction of sp³-hybridized carbons (Fsp3) is 0.533. The highest BCUT2D eigenvalue weighted by molar-refractivity contribution is 6.30. The van der Waals surface area contributed by atoms with Crippen molar-refractivity contribution in [3.8, 4) is 5.75 Å². The molecule has 0 aliphatic carbocycles. The minimum Gasteiger partial charge on any atom is -0.491 e. The Kier molecular flexibility index (Phi) is 6.16. The number of carbonyl (C=O) groups is 1. The molecular weight excluding hydrogens is 262 g/mol. The highest BCUT2D eigenvalue weighted by Crippen LogP contribution is 2.26. The number of rotatable bonds is 6. The molecule has 1 unspecified atom stereocenters. The normalized spacial score (nSPS) is 12.3. The third-order valence-electron chi connectivity index (χ3n) is 2.81. The van der Waals surface area contributed by atoms with E-state index in [1.165, 1.54) is 0 Å². The SMILES string of the molecule is CCN(CC)C(=O)C(Cl)c1cccc(OC(C)C)c1. The molecule has 1 rings (SSSR count). The van der Waals surface area contributed by atoms with Crippen LogP contribution in [0.4, 0.5) is 0 Å². The quantitative estimate of drug-likeness (QED) is 0.746. The maximum Gasteiger partial charge on any atom is 0.245 e. The molecule has 0 saturated carbocycles. The number of hydrogen-bond acceptors (Lipinski definition) is 2. The van der Waals surface area contributed by atoms with Gasteiger partial charge in [0.25, 0.3) is 0 Å². The lowest BCUT2D eigenvalue weighted by Gasteiger charge is -2.22. The van der Waals surface area contributed by atoms with Crippen molar-refractivity contribution >= 4 is 17.5 Å². The first-order chi connectivity index (χ1) is 8.99. The van der Waals surface area contributed by atoms with Crippen LogP contribution in [0.2, 0.25) is 0 Å². The van der Waals surface area contributed by atoms with Crippen molar-refractivity contribution in [1.29, 1.82) is 0 Å². The Bertz CT molecular complexity index is 416. The number of amides is 1. The van der Waals surface area contributed by atoms with Crippen LogP contribution in [0.15, 0.2) is 24.3 Å². The Labute approximate surface area is 120 Å². The average molecular weight is 284 g/mol. The molecule has 4 heteroatoms. The first kappa shape index (κ1) is 15.8. The van der Waals surface area contributed by atoms with Crippen molar-refractivity contribution in [2.75, 3.05) is 13.1 Å². The van der Waals surface area contributed by atoms with Crippen molar-refractivity contribution in [2.45, 2.75) is 39.2 Å². The smallest absolute Gasteiger partial charge is 0.245 e. The topological polar surface area (TPSA) is 29.5 Å². The second-order valence-corrected chi connectivity index (χ2v) is 5.05. The molecule has 1 aromatic rings. The van der Waals surface area contributed by atoms with E-state index < -0.39 is 5.38 Å². The van der Waals surface area contributed by atoms with E-state index in [1.807, 2.05) is 52.0 Å². The second-order valence-electron chi connectivity index (χ2n) is 4.61. The Hall–Kier alpha value is -1.22. The largest absolute Gasteiger partial charge is 0.491 e. The highest BCUT2D eigenvalue weighted by atomic mass is 35.5. The van der Waals surface area contributed by atoms with Gasteiger partial charge in [-0.1, -0.05) is 12.1 Å². The summed E-state index contributed by atoms with van der Waals surface area (Å²) < 4.78 is 5.61. The summed E-state index contributed by atoms with van der Waals surface area (Å²) >= 11 is 6.27. The van der Waals surface area contributed by atoms with Crippen LogP contribution < -0.4 is 4.74 Å². The van der Waals surface area contributed by atoms with Gasteiger partial charge in [0.05, 0.1) is 6.10 Å². The summed E-state index contributed by atoms with van der Waals surface area (Å²) in [6, 6.07) is 7.41. The summed E-state index contributed by atoms with van der Waals surface area (Å²) in [6.45, 7) is 9.16. The fourth-order valence-electron chi connectivity index (χ4n) is 1.86. The van der Waals surface area contributed by atoms with Crippen LogP contribution in [0, 0.1) is 0 Å². The third-order valence-corrected chi connectivity index (χ3v) is 3.25. The summed E-state index contributed by atoms with van der Waals surface area (Å²) in [5.41, 5.74) is 0.775. The molecule has 0 N–H and O–H groups in total. The molecule has 0 radical (unpaired) electrons. The monoisotopic (exact) mass is 283 g/mol. The molecule has 0 fully saturated rings. The number of hydrogen-bond donors (Lipinski definition) is 0. The predicted molar refractivity (Wildman–Crippen MR) is 78.7 cm³/mol. The van der Waals surface area contributed by atoms with Crippen molar-refractivity contribution < 1.29 is 9.53 Å². The third kappa shape index (κ3) is 4.43. The molecule has 106 valence electrons. The van der Waals surface area contributed by atoms with Gasteiger partial charge in [-0.05, 0) is 45.4 Å². The van der Waals surface area contributed by atoms with Crippen molar-refractivity contribution in [3.05, 3.63) is 29.8 Å². The van der Waals surface area contributed by atoms with Crippen molar-refractivity contribution in [2.24, 2.45) is 0 Å². The van der Waals surface area contributed by atoms with Gasteiger partial charge in [0, 0.05) is 13.1 Å². The minimum atomic E-state index is -0.657. The van der Waals surface area contributed by atoms with Gasteiger partial charge in [0.1, 0.15) is 11.1 Å². The van der Waals surface area contributed by atoms with E-state index >= 15 is 0 Å². The molecule has 0 saturated heterocycles. The Morgan fingerprint density at radius 3 is 2.47 bits per heavy atom. The highest BCUT2D eigenvalue weighted by Gasteiger charge is 2.22. The summed E-state index contributed by atoms with van der Waals surface area (Å²) in [6.07, 6.45) is 0.0995. The van der Waals surface area contributed by atoms with Gasteiger partial charge in [0.2, 0.25) is 5.91 Å². The van der Waals surface area contributed by atoms with Crippen LogP contribution >= 0.6 is 11.6 Å². The molecule has 1 amide bonds. The number of ether oxygens (including phenoxy) is 1. The second kappa shape index (κ2) is 7.39. The lowest BCUT2D eigenvalue weighted by molar-refractivity contribution is -0.130. The van der Waals surface area contributed by atoms with Gasteiger partial charge >= 0.3 is 0 Å². The zero-order chi connectivity index (χ0) is 14.4. The minimum absolute atomic E-state index is 0.0617. The van der Waals surface area contributed by atoms with E-state index in [9.17, 15) is 4.79 Å². The van der Waals surface area contributed by atoms with Crippen LogP contribution in [0.3, 0.4) is 0 Å². The van der Waals surface area contributed by atoms with Gasteiger partial charge in [0.15, 0.2) is 0 Å². The van der Waals surface area contributed by atoms with E-state index in [1.54, 1.807) is 4.90 Å². The van der Waals surface area contributed by atoms with E-state index in [4.69, 9.17) is 16.3 Å². The van der Waals surface area contributed by atoms with Gasteiger partial charge in [-0.25, -0.2) is 0 Å². The zero-order valence-corrected chi connectivity index (χ0v) is 12.8. The lowest BCUT2D eigenvalue weighted by atomic mass is 10.1. The van der Waals surface area contributed by atoms with Crippen LogP contribution in [-0.2, 0) is 4.79 Å². The maximum absolute atomic E-state index is 12.2. The molecule has 0 heterocycles. The van der Waals surface area contributed by atoms with E-state index in [-0.39, 0.29) is 12.0 Å². The van der Waals surface area contributed by atoms with Crippen LogP contribution in [0.5, 0.6) is 5.75 Å². The molecule has 0 aromatic heterocycles.